The number of hydrogen-bond acceptors (Lipinski definition) is 5. The molecule has 118 valence electrons. The van der Waals surface area contributed by atoms with E-state index in [-0.39, 0.29) is 18.9 Å². The van der Waals surface area contributed by atoms with Crippen LogP contribution < -0.4 is 9.46 Å². The smallest absolute Gasteiger partial charge is 0.416 e. The predicted octanol–water partition coefficient (Wildman–Crippen LogP) is 1.54. The fourth-order valence-corrected chi connectivity index (χ4v) is 1.79. The van der Waals surface area contributed by atoms with Gasteiger partial charge in [-0.3, -0.25) is 10.1 Å². The zero-order valence-corrected chi connectivity index (χ0v) is 11.5. The first kappa shape index (κ1) is 17.2. The van der Waals surface area contributed by atoms with Crippen LogP contribution in [0, 0.1) is 10.1 Å². The SMILES string of the molecule is CS(=O)(=O)NCCOc1cc([N+](=O)[O-])cc(C(F)(F)F)c1. The Morgan fingerprint density at radius 3 is 2.43 bits per heavy atom. The van der Waals surface area contributed by atoms with Crippen molar-refractivity contribution in [1.82, 2.24) is 4.72 Å². The second-order valence-corrected chi connectivity index (χ2v) is 5.82. The Morgan fingerprint density at radius 2 is 1.95 bits per heavy atom. The van der Waals surface area contributed by atoms with E-state index >= 15 is 0 Å². The lowest BCUT2D eigenvalue weighted by Crippen LogP contribution is -2.26. The Balaban J connectivity index is 2.86. The average Bonchev–Trinajstić information content (AvgIpc) is 2.32. The van der Waals surface area contributed by atoms with Gasteiger partial charge >= 0.3 is 6.18 Å². The summed E-state index contributed by atoms with van der Waals surface area (Å²) in [5.41, 5.74) is -1.99. The highest BCUT2D eigenvalue weighted by atomic mass is 32.2. The highest BCUT2D eigenvalue weighted by Gasteiger charge is 2.33. The topological polar surface area (TPSA) is 98.5 Å². The van der Waals surface area contributed by atoms with E-state index in [1.165, 1.54) is 0 Å². The van der Waals surface area contributed by atoms with Crippen LogP contribution in [0.3, 0.4) is 0 Å². The van der Waals surface area contributed by atoms with Crippen LogP contribution in [0.25, 0.3) is 0 Å². The van der Waals surface area contributed by atoms with Crippen LogP contribution in [-0.2, 0) is 16.2 Å². The van der Waals surface area contributed by atoms with Crippen molar-refractivity contribution >= 4 is 15.7 Å². The number of halogens is 3. The van der Waals surface area contributed by atoms with Gasteiger partial charge in [-0.05, 0) is 6.07 Å². The summed E-state index contributed by atoms with van der Waals surface area (Å²) in [6, 6.07) is 1.82. The summed E-state index contributed by atoms with van der Waals surface area (Å²) in [5, 5.41) is 10.6. The molecule has 0 unspecified atom stereocenters. The molecule has 0 heterocycles. The number of benzene rings is 1. The van der Waals surface area contributed by atoms with Crippen molar-refractivity contribution in [3.05, 3.63) is 33.9 Å². The Kier molecular flexibility index (Phi) is 5.12. The average molecular weight is 328 g/mol. The van der Waals surface area contributed by atoms with Gasteiger partial charge in [-0.25, -0.2) is 13.1 Å². The highest BCUT2D eigenvalue weighted by Crippen LogP contribution is 2.34. The van der Waals surface area contributed by atoms with E-state index in [9.17, 15) is 31.7 Å². The van der Waals surface area contributed by atoms with E-state index in [0.717, 1.165) is 12.3 Å². The third-order valence-corrected chi connectivity index (χ3v) is 2.89. The zero-order chi connectivity index (χ0) is 16.3. The fourth-order valence-electron chi connectivity index (χ4n) is 1.33. The molecule has 0 saturated heterocycles. The maximum atomic E-state index is 12.6. The number of nitrogens with one attached hydrogen (secondary N) is 1. The number of alkyl halides is 3. The summed E-state index contributed by atoms with van der Waals surface area (Å²) >= 11 is 0. The lowest BCUT2D eigenvalue weighted by atomic mass is 10.2. The molecule has 0 atom stereocenters. The number of rotatable bonds is 6. The quantitative estimate of drug-likeness (QED) is 0.485. The minimum atomic E-state index is -4.75. The van der Waals surface area contributed by atoms with Crippen molar-refractivity contribution in [3.8, 4) is 5.75 Å². The number of non-ortho nitro benzene ring substituents is 1. The largest absolute Gasteiger partial charge is 0.492 e. The standard InChI is InChI=1S/C10H11F3N2O5S/c1-21(18,19)14-2-3-20-9-5-7(10(11,12)13)4-8(6-9)15(16)17/h4-6,14H,2-3H2,1H3. The van der Waals surface area contributed by atoms with E-state index in [1.54, 1.807) is 0 Å². The van der Waals surface area contributed by atoms with Gasteiger partial charge in [0, 0.05) is 12.6 Å². The molecule has 0 spiro atoms. The molecule has 0 saturated carbocycles. The van der Waals surface area contributed by atoms with Crippen LogP contribution in [0.1, 0.15) is 5.56 Å². The van der Waals surface area contributed by atoms with E-state index in [1.807, 2.05) is 0 Å². The van der Waals surface area contributed by atoms with Crippen LogP contribution >= 0.6 is 0 Å². The number of nitro benzene ring substituents is 1. The molecule has 11 heteroatoms. The first-order chi connectivity index (χ1) is 9.49. The number of hydrogen-bond donors (Lipinski definition) is 1. The molecule has 0 fully saturated rings. The minimum Gasteiger partial charge on any atom is -0.492 e. The molecule has 0 aliphatic rings. The van der Waals surface area contributed by atoms with Gasteiger partial charge in [-0.2, -0.15) is 13.2 Å². The van der Waals surface area contributed by atoms with Gasteiger partial charge in [0.1, 0.15) is 12.4 Å². The first-order valence-corrected chi connectivity index (χ1v) is 7.32. The van der Waals surface area contributed by atoms with Gasteiger partial charge in [0.15, 0.2) is 0 Å². The van der Waals surface area contributed by atoms with Crippen molar-refractivity contribution in [3.63, 3.8) is 0 Å². The van der Waals surface area contributed by atoms with Gasteiger partial charge < -0.3 is 4.74 Å². The molecule has 0 radical (unpaired) electrons. The zero-order valence-electron chi connectivity index (χ0n) is 10.7. The lowest BCUT2D eigenvalue weighted by Gasteiger charge is -2.10. The summed E-state index contributed by atoms with van der Waals surface area (Å²) in [5.74, 6) is -0.369. The number of sulfonamides is 1. The number of ether oxygens (including phenoxy) is 1. The Hall–Kier alpha value is -1.88. The van der Waals surface area contributed by atoms with Crippen molar-refractivity contribution in [2.45, 2.75) is 6.18 Å². The molecule has 0 aliphatic heterocycles. The van der Waals surface area contributed by atoms with Gasteiger partial charge in [0.2, 0.25) is 10.0 Å². The molecule has 21 heavy (non-hydrogen) atoms. The molecular formula is C10H11F3N2O5S. The van der Waals surface area contributed by atoms with E-state index in [0.29, 0.717) is 12.1 Å². The van der Waals surface area contributed by atoms with Gasteiger partial charge in [0.05, 0.1) is 22.8 Å². The molecule has 1 N–H and O–H groups in total. The van der Waals surface area contributed by atoms with Crippen molar-refractivity contribution in [2.75, 3.05) is 19.4 Å². The van der Waals surface area contributed by atoms with Crippen LogP contribution in [0.15, 0.2) is 18.2 Å². The third kappa shape index (κ3) is 5.95. The molecule has 1 aromatic rings. The van der Waals surface area contributed by atoms with Crippen LogP contribution in [0.2, 0.25) is 0 Å². The van der Waals surface area contributed by atoms with Crippen LogP contribution in [-0.4, -0.2) is 32.7 Å². The number of nitro groups is 1. The summed E-state index contributed by atoms with van der Waals surface area (Å²) < 4.78 is 66.3. The third-order valence-electron chi connectivity index (χ3n) is 2.16. The highest BCUT2D eigenvalue weighted by molar-refractivity contribution is 7.88. The molecule has 1 rings (SSSR count). The maximum Gasteiger partial charge on any atom is 0.416 e. The monoisotopic (exact) mass is 328 g/mol. The van der Waals surface area contributed by atoms with Crippen molar-refractivity contribution < 1.29 is 31.2 Å². The Morgan fingerprint density at radius 1 is 1.33 bits per heavy atom. The van der Waals surface area contributed by atoms with E-state index in [4.69, 9.17) is 4.74 Å². The lowest BCUT2D eigenvalue weighted by molar-refractivity contribution is -0.385. The van der Waals surface area contributed by atoms with E-state index in [2.05, 4.69) is 4.72 Å². The van der Waals surface area contributed by atoms with Gasteiger partial charge in [-0.15, -0.1) is 0 Å². The summed E-state index contributed by atoms with van der Waals surface area (Å²) in [4.78, 5) is 9.61. The van der Waals surface area contributed by atoms with Gasteiger partial charge in [0.25, 0.3) is 5.69 Å². The maximum absolute atomic E-state index is 12.6. The molecule has 1 aromatic carbocycles. The molecule has 7 nitrogen and oxygen atoms in total. The molecule has 0 aromatic heterocycles. The van der Waals surface area contributed by atoms with Crippen molar-refractivity contribution in [2.24, 2.45) is 0 Å². The normalized spacial score (nSPS) is 12.2. The van der Waals surface area contributed by atoms with Crippen molar-refractivity contribution in [1.29, 1.82) is 0 Å². The second-order valence-electron chi connectivity index (χ2n) is 3.99. The Labute approximate surface area is 117 Å². The molecule has 0 aliphatic carbocycles. The minimum absolute atomic E-state index is 0.178. The predicted molar refractivity (Wildman–Crippen MR) is 66.4 cm³/mol. The van der Waals surface area contributed by atoms with Crippen LogP contribution in [0.5, 0.6) is 5.75 Å². The summed E-state index contributed by atoms with van der Waals surface area (Å²) in [7, 11) is -3.45. The molecule has 0 amide bonds. The number of nitrogens with zero attached hydrogens (tertiary/aromatic N) is 1. The molecular weight excluding hydrogens is 317 g/mol. The van der Waals surface area contributed by atoms with Crippen LogP contribution in [0.4, 0.5) is 18.9 Å². The second kappa shape index (κ2) is 6.26. The fraction of sp³-hybridized carbons (Fsp3) is 0.400. The molecule has 0 bridgehead atoms. The summed E-state index contributed by atoms with van der Waals surface area (Å²) in [6.07, 6.45) is -3.85. The van der Waals surface area contributed by atoms with Gasteiger partial charge in [-0.1, -0.05) is 0 Å². The van der Waals surface area contributed by atoms with E-state index < -0.39 is 32.4 Å². The first-order valence-electron chi connectivity index (χ1n) is 5.43. The Bertz CT molecular complexity index is 630. The summed E-state index contributed by atoms with van der Waals surface area (Å²) in [6.45, 7) is -0.450.